The van der Waals surface area contributed by atoms with E-state index in [2.05, 4.69) is 19.8 Å². The van der Waals surface area contributed by atoms with E-state index in [-0.39, 0.29) is 17.7 Å². The monoisotopic (exact) mass is 399 g/mol. The minimum atomic E-state index is -2.93. The van der Waals surface area contributed by atoms with E-state index >= 15 is 0 Å². The second-order valence-corrected chi connectivity index (χ2v) is 6.78. The molecule has 29 heavy (non-hydrogen) atoms. The first kappa shape index (κ1) is 19.0. The molecule has 4 heterocycles. The molecule has 7 nitrogen and oxygen atoms in total. The number of halogens is 2. The first-order chi connectivity index (χ1) is 13.9. The number of hydrogen-bond acceptors (Lipinski definition) is 5. The minimum Gasteiger partial charge on any atom is -0.433 e. The molecule has 1 atom stereocenters. The molecule has 0 bridgehead atoms. The van der Waals surface area contributed by atoms with Crippen LogP contribution < -0.4 is 9.64 Å². The molecule has 1 aliphatic heterocycles. The molecule has 0 fully saturated rings. The van der Waals surface area contributed by atoms with E-state index in [0.717, 1.165) is 5.56 Å². The number of rotatable bonds is 5. The number of aryl methyl sites for hydroxylation is 2. The maximum absolute atomic E-state index is 13.1. The van der Waals surface area contributed by atoms with E-state index in [1.165, 1.54) is 18.5 Å². The van der Waals surface area contributed by atoms with Gasteiger partial charge in [0, 0.05) is 24.5 Å². The fraction of sp³-hybridized carbons (Fsp3) is 0.300. The molecule has 0 aliphatic carbocycles. The van der Waals surface area contributed by atoms with Gasteiger partial charge >= 0.3 is 6.61 Å². The lowest BCUT2D eigenvalue weighted by Crippen LogP contribution is -2.26. The van der Waals surface area contributed by atoms with Crippen LogP contribution >= 0.6 is 0 Å². The van der Waals surface area contributed by atoms with E-state index in [1.54, 1.807) is 21.8 Å². The molecule has 0 aromatic carbocycles. The Morgan fingerprint density at radius 2 is 2.03 bits per heavy atom. The summed E-state index contributed by atoms with van der Waals surface area (Å²) < 4.78 is 31.2. The van der Waals surface area contributed by atoms with Crippen LogP contribution in [0, 0.1) is 6.92 Å². The van der Waals surface area contributed by atoms with Crippen LogP contribution in [-0.2, 0) is 6.54 Å². The number of nitrogens with zero attached hydrogens (tertiary/aromatic N) is 5. The molecule has 4 rings (SSSR count). The van der Waals surface area contributed by atoms with Crippen LogP contribution in [0.25, 0.3) is 11.3 Å². The molecule has 9 heteroatoms. The second-order valence-electron chi connectivity index (χ2n) is 6.78. The Morgan fingerprint density at radius 3 is 2.72 bits per heavy atom. The number of amides is 1. The lowest BCUT2D eigenvalue weighted by atomic mass is 10.0. The van der Waals surface area contributed by atoms with E-state index in [0.29, 0.717) is 34.7 Å². The van der Waals surface area contributed by atoms with Crippen molar-refractivity contribution in [3.05, 3.63) is 53.7 Å². The zero-order chi connectivity index (χ0) is 20.7. The predicted molar refractivity (Wildman–Crippen MR) is 102 cm³/mol. The highest BCUT2D eigenvalue weighted by Crippen LogP contribution is 2.39. The maximum Gasteiger partial charge on any atom is 0.387 e. The molecule has 1 aliphatic rings. The SMILES string of the molecule is CCn1cc(N2C(=O)c3c(C)cc(-c4cncc(OC(F)F)c4)nc3[C@H]2C)cn1. The van der Waals surface area contributed by atoms with Gasteiger partial charge in [-0.05, 0) is 38.5 Å². The first-order valence-electron chi connectivity index (χ1n) is 9.16. The number of alkyl halides is 2. The van der Waals surface area contributed by atoms with Crippen molar-refractivity contribution in [3.63, 3.8) is 0 Å². The molecule has 0 N–H and O–H groups in total. The number of pyridine rings is 2. The lowest BCUT2D eigenvalue weighted by Gasteiger charge is -2.19. The number of anilines is 1. The molecule has 0 radical (unpaired) electrons. The summed E-state index contributed by atoms with van der Waals surface area (Å²) in [5.74, 6) is -0.178. The Morgan fingerprint density at radius 1 is 1.24 bits per heavy atom. The Balaban J connectivity index is 1.74. The standard InChI is InChI=1S/C20H19F2N5O2/c1-4-26-10-14(8-24-26)27-12(3)18-17(19(27)28)11(2)5-16(25-18)13-6-15(9-23-7-13)29-20(21)22/h5-10,12,20H,4H2,1-3H3/t12-/m1/s1. The third-order valence-corrected chi connectivity index (χ3v) is 4.92. The van der Waals surface area contributed by atoms with E-state index in [4.69, 9.17) is 0 Å². The smallest absolute Gasteiger partial charge is 0.387 e. The number of aromatic nitrogens is 4. The van der Waals surface area contributed by atoms with Crippen molar-refractivity contribution in [2.24, 2.45) is 0 Å². The highest BCUT2D eigenvalue weighted by molar-refractivity contribution is 6.11. The van der Waals surface area contributed by atoms with Crippen LogP contribution in [0.3, 0.4) is 0 Å². The largest absolute Gasteiger partial charge is 0.433 e. The quantitative estimate of drug-likeness (QED) is 0.649. The maximum atomic E-state index is 13.1. The van der Waals surface area contributed by atoms with Crippen molar-refractivity contribution in [2.45, 2.75) is 40.0 Å². The average molecular weight is 399 g/mol. The zero-order valence-electron chi connectivity index (χ0n) is 16.1. The van der Waals surface area contributed by atoms with E-state index in [9.17, 15) is 13.6 Å². The summed E-state index contributed by atoms with van der Waals surface area (Å²) in [6.45, 7) is 3.48. The van der Waals surface area contributed by atoms with Gasteiger partial charge in [0.1, 0.15) is 5.75 Å². The van der Waals surface area contributed by atoms with Gasteiger partial charge in [-0.3, -0.25) is 19.4 Å². The van der Waals surface area contributed by atoms with Gasteiger partial charge < -0.3 is 4.74 Å². The van der Waals surface area contributed by atoms with Crippen molar-refractivity contribution in [1.29, 1.82) is 0 Å². The van der Waals surface area contributed by atoms with Crippen molar-refractivity contribution < 1.29 is 18.3 Å². The van der Waals surface area contributed by atoms with Gasteiger partial charge in [-0.1, -0.05) is 0 Å². The molecule has 0 spiro atoms. The van der Waals surface area contributed by atoms with Crippen LogP contribution in [-0.4, -0.2) is 32.3 Å². The molecule has 150 valence electrons. The van der Waals surface area contributed by atoms with E-state index < -0.39 is 6.61 Å². The Kier molecular flexibility index (Phi) is 4.73. The van der Waals surface area contributed by atoms with Gasteiger partial charge in [-0.15, -0.1) is 0 Å². The number of ether oxygens (including phenoxy) is 1. The summed E-state index contributed by atoms with van der Waals surface area (Å²) >= 11 is 0. The van der Waals surface area contributed by atoms with Crippen LogP contribution in [0.1, 0.15) is 41.5 Å². The highest BCUT2D eigenvalue weighted by Gasteiger charge is 2.38. The van der Waals surface area contributed by atoms with Crippen molar-refractivity contribution in [1.82, 2.24) is 19.7 Å². The van der Waals surface area contributed by atoms with Crippen molar-refractivity contribution >= 4 is 11.6 Å². The van der Waals surface area contributed by atoms with Gasteiger partial charge in [-0.2, -0.15) is 13.9 Å². The zero-order valence-corrected chi connectivity index (χ0v) is 16.1. The van der Waals surface area contributed by atoms with Crippen LogP contribution in [0.5, 0.6) is 5.75 Å². The molecule has 0 saturated heterocycles. The third-order valence-electron chi connectivity index (χ3n) is 4.92. The number of fused-ring (bicyclic) bond motifs is 1. The summed E-state index contributed by atoms with van der Waals surface area (Å²) in [5.41, 5.74) is 3.72. The third kappa shape index (κ3) is 3.32. The molecule has 0 unspecified atom stereocenters. The summed E-state index contributed by atoms with van der Waals surface area (Å²) in [6.07, 6.45) is 6.23. The lowest BCUT2D eigenvalue weighted by molar-refractivity contribution is -0.0500. The summed E-state index contributed by atoms with van der Waals surface area (Å²) in [6, 6.07) is 2.92. The van der Waals surface area contributed by atoms with Crippen LogP contribution in [0.4, 0.5) is 14.5 Å². The first-order valence-corrected chi connectivity index (χ1v) is 9.16. The fourth-order valence-corrected chi connectivity index (χ4v) is 3.56. The van der Waals surface area contributed by atoms with Gasteiger partial charge in [0.15, 0.2) is 0 Å². The molecular weight excluding hydrogens is 380 g/mol. The van der Waals surface area contributed by atoms with Crippen LogP contribution in [0.2, 0.25) is 0 Å². The normalized spacial score (nSPS) is 15.9. The Bertz CT molecular complexity index is 1080. The molecule has 0 saturated carbocycles. The van der Waals surface area contributed by atoms with Gasteiger partial charge in [-0.25, -0.2) is 4.98 Å². The fourth-order valence-electron chi connectivity index (χ4n) is 3.56. The summed E-state index contributed by atoms with van der Waals surface area (Å²) in [5, 5.41) is 4.25. The van der Waals surface area contributed by atoms with Gasteiger partial charge in [0.25, 0.3) is 5.91 Å². The molecule has 3 aromatic rings. The molecule has 3 aromatic heterocycles. The Labute approximate surface area is 166 Å². The van der Waals surface area contributed by atoms with Gasteiger partial charge in [0.05, 0.1) is 41.1 Å². The Hall–Kier alpha value is -3.36. The van der Waals surface area contributed by atoms with Crippen molar-refractivity contribution in [2.75, 3.05) is 4.90 Å². The number of carbonyl (C=O) groups excluding carboxylic acids is 1. The minimum absolute atomic E-state index is 0.0461. The second kappa shape index (κ2) is 7.23. The van der Waals surface area contributed by atoms with Crippen molar-refractivity contribution in [3.8, 4) is 17.0 Å². The van der Waals surface area contributed by atoms with Gasteiger partial charge in [0.2, 0.25) is 0 Å². The molecular formula is C20H19F2N5O2. The van der Waals surface area contributed by atoms with Crippen LogP contribution in [0.15, 0.2) is 36.9 Å². The predicted octanol–water partition coefficient (Wildman–Crippen LogP) is 3.99. The summed E-state index contributed by atoms with van der Waals surface area (Å²) in [4.78, 5) is 23.4. The topological polar surface area (TPSA) is 73.1 Å². The molecule has 1 amide bonds. The number of hydrogen-bond donors (Lipinski definition) is 0. The average Bonchev–Trinajstić information content (AvgIpc) is 3.24. The highest BCUT2D eigenvalue weighted by atomic mass is 19.3. The van der Waals surface area contributed by atoms with E-state index in [1.807, 2.05) is 27.0 Å². The number of carbonyl (C=O) groups is 1. The summed E-state index contributed by atoms with van der Waals surface area (Å²) in [7, 11) is 0.